The van der Waals surface area contributed by atoms with Gasteiger partial charge in [0, 0.05) is 30.5 Å². The molecule has 8 nitrogen and oxygen atoms in total. The Kier molecular flexibility index (Phi) is 4.72. The van der Waals surface area contributed by atoms with Crippen LogP contribution in [0.1, 0.15) is 49.7 Å². The summed E-state index contributed by atoms with van der Waals surface area (Å²) in [4.78, 5) is 26.6. The van der Waals surface area contributed by atoms with Crippen LogP contribution in [-0.2, 0) is 26.2 Å². The van der Waals surface area contributed by atoms with Crippen molar-refractivity contribution in [3.8, 4) is 11.5 Å². The fraction of sp³-hybridized carbons (Fsp3) is 0.680. The molecule has 1 aromatic carbocycles. The summed E-state index contributed by atoms with van der Waals surface area (Å²) in [5.41, 5.74) is 0.550. The van der Waals surface area contributed by atoms with Gasteiger partial charge < -0.3 is 25.0 Å². The van der Waals surface area contributed by atoms with Gasteiger partial charge in [-0.2, -0.15) is 0 Å². The van der Waals surface area contributed by atoms with E-state index in [2.05, 4.69) is 15.0 Å². The smallest absolute Gasteiger partial charge is 0.325 e. The van der Waals surface area contributed by atoms with Gasteiger partial charge in [-0.25, -0.2) is 0 Å². The number of esters is 1. The van der Waals surface area contributed by atoms with E-state index >= 15 is 0 Å². The number of likely N-dealkylation sites (tertiary alicyclic amines) is 1. The molecule has 1 amide bonds. The number of nitrogens with one attached hydrogen (secondary N) is 1. The number of methoxy groups -OCH3 is 1. The average molecular weight is 457 g/mol. The number of aromatic hydroxyl groups is 1. The number of aliphatic hydroxyl groups is 1. The molecule has 2 saturated carbocycles. The van der Waals surface area contributed by atoms with Gasteiger partial charge in [-0.05, 0) is 62.6 Å². The molecule has 1 spiro atoms. The molecule has 3 N–H and O–H groups in total. The lowest BCUT2D eigenvalue weighted by Crippen LogP contribution is -2.76. The maximum absolute atomic E-state index is 12.7. The summed E-state index contributed by atoms with van der Waals surface area (Å²) in [6.07, 6.45) is 5.14. The fourth-order valence-electron chi connectivity index (χ4n) is 7.35. The van der Waals surface area contributed by atoms with E-state index in [1.165, 1.54) is 20.0 Å². The van der Waals surface area contributed by atoms with Crippen molar-refractivity contribution in [1.82, 2.24) is 10.2 Å². The van der Waals surface area contributed by atoms with Gasteiger partial charge in [-0.15, -0.1) is 0 Å². The zero-order valence-electron chi connectivity index (χ0n) is 19.0. The predicted molar refractivity (Wildman–Crippen MR) is 118 cm³/mol. The van der Waals surface area contributed by atoms with Gasteiger partial charge in [0.25, 0.3) is 0 Å². The van der Waals surface area contributed by atoms with Crippen molar-refractivity contribution in [2.24, 2.45) is 11.8 Å². The molecule has 33 heavy (non-hydrogen) atoms. The van der Waals surface area contributed by atoms with E-state index in [1.54, 1.807) is 6.07 Å². The number of piperidine rings is 1. The predicted octanol–water partition coefficient (Wildman–Crippen LogP) is 1.25. The Morgan fingerprint density at radius 3 is 2.85 bits per heavy atom. The van der Waals surface area contributed by atoms with Gasteiger partial charge in [0.05, 0.1) is 18.1 Å². The van der Waals surface area contributed by atoms with E-state index < -0.39 is 17.0 Å². The van der Waals surface area contributed by atoms with Crippen LogP contribution in [0.2, 0.25) is 0 Å². The topological polar surface area (TPSA) is 108 Å². The Hall–Kier alpha value is -2.32. The molecule has 5 aliphatic rings. The molecule has 3 fully saturated rings. The number of nitrogens with zero attached hydrogens (tertiary/aromatic N) is 1. The number of carbonyl (C=O) groups excluding carboxylic acids is 2. The van der Waals surface area contributed by atoms with Crippen LogP contribution in [0.15, 0.2) is 12.1 Å². The first-order chi connectivity index (χ1) is 15.9. The molecule has 2 unspecified atom stereocenters. The molecule has 1 aromatic rings. The molecular weight excluding hydrogens is 424 g/mol. The quantitative estimate of drug-likeness (QED) is 0.553. The highest BCUT2D eigenvalue weighted by Gasteiger charge is 2.72. The van der Waals surface area contributed by atoms with Crippen LogP contribution in [0.5, 0.6) is 11.5 Å². The van der Waals surface area contributed by atoms with Crippen LogP contribution in [0.25, 0.3) is 0 Å². The van der Waals surface area contributed by atoms with Gasteiger partial charge in [0.1, 0.15) is 12.6 Å². The largest absolute Gasteiger partial charge is 0.504 e. The number of amides is 1. The monoisotopic (exact) mass is 456 g/mol. The fourth-order valence-corrected chi connectivity index (χ4v) is 7.35. The van der Waals surface area contributed by atoms with E-state index in [-0.39, 0.29) is 42.7 Å². The normalized spacial score (nSPS) is 36.0. The minimum absolute atomic E-state index is 0.0232. The zero-order valence-corrected chi connectivity index (χ0v) is 19.0. The van der Waals surface area contributed by atoms with Gasteiger partial charge in [0.2, 0.25) is 5.91 Å². The maximum Gasteiger partial charge on any atom is 0.325 e. The van der Waals surface area contributed by atoms with Crippen LogP contribution >= 0.6 is 0 Å². The number of rotatable bonds is 6. The second-order valence-corrected chi connectivity index (χ2v) is 10.6. The number of benzene rings is 1. The molecule has 0 aromatic heterocycles. The van der Waals surface area contributed by atoms with E-state index in [0.29, 0.717) is 18.6 Å². The Bertz CT molecular complexity index is 1010. The summed E-state index contributed by atoms with van der Waals surface area (Å²) in [6, 6.07) is 3.71. The van der Waals surface area contributed by atoms with Crippen molar-refractivity contribution in [2.75, 3.05) is 26.7 Å². The molecule has 178 valence electrons. The highest BCUT2D eigenvalue weighted by Crippen LogP contribution is 2.66. The minimum Gasteiger partial charge on any atom is -0.504 e. The van der Waals surface area contributed by atoms with Crippen molar-refractivity contribution < 1.29 is 29.3 Å². The minimum atomic E-state index is -0.949. The Balaban J connectivity index is 1.35. The number of hydrogen-bond acceptors (Lipinski definition) is 7. The first-order valence-corrected chi connectivity index (χ1v) is 12.2. The first kappa shape index (κ1) is 21.2. The molecule has 0 radical (unpaired) electrons. The highest BCUT2D eigenvalue weighted by molar-refractivity contribution is 5.82. The lowest BCUT2D eigenvalue weighted by molar-refractivity contribution is -0.198. The number of phenols is 1. The van der Waals surface area contributed by atoms with Crippen molar-refractivity contribution in [3.63, 3.8) is 0 Å². The average Bonchev–Trinajstić information content (AvgIpc) is 3.54. The molecule has 5 atom stereocenters. The van der Waals surface area contributed by atoms with E-state index in [9.17, 15) is 19.8 Å². The van der Waals surface area contributed by atoms with Crippen molar-refractivity contribution in [3.05, 3.63) is 23.3 Å². The summed E-state index contributed by atoms with van der Waals surface area (Å²) < 4.78 is 11.1. The van der Waals surface area contributed by atoms with Gasteiger partial charge in [-0.3, -0.25) is 14.5 Å². The number of phenolic OH excluding ortho intramolecular Hbond substituents is 1. The molecule has 2 heterocycles. The zero-order chi connectivity index (χ0) is 23.0. The third kappa shape index (κ3) is 2.96. The van der Waals surface area contributed by atoms with Crippen LogP contribution in [0, 0.1) is 11.8 Å². The first-order valence-electron chi connectivity index (χ1n) is 12.2. The van der Waals surface area contributed by atoms with E-state index in [1.807, 2.05) is 6.07 Å². The number of hydrogen-bond donors (Lipinski definition) is 3. The Labute approximate surface area is 193 Å². The Morgan fingerprint density at radius 2 is 2.09 bits per heavy atom. The third-order valence-corrected chi connectivity index (χ3v) is 8.99. The lowest BCUT2D eigenvalue weighted by atomic mass is 9.47. The van der Waals surface area contributed by atoms with Gasteiger partial charge in [0.15, 0.2) is 11.5 Å². The third-order valence-electron chi connectivity index (χ3n) is 8.99. The van der Waals surface area contributed by atoms with Crippen molar-refractivity contribution >= 4 is 11.9 Å². The number of carbonyl (C=O) groups is 2. The molecule has 2 bridgehead atoms. The Morgan fingerprint density at radius 1 is 1.27 bits per heavy atom. The van der Waals surface area contributed by atoms with Gasteiger partial charge in [-0.1, -0.05) is 6.07 Å². The standard InChI is InChI=1S/C25H32N2O6/c1-32-20(30)12-26-19(29)11-16-6-7-25(31)18-10-15-4-5-17(28)22-21(15)24(25,23(16)33-22)8-9-27(18)13-14-2-3-14/h4-5,14,16,18,23,28,31H,2-3,6-13H2,1H3,(H,26,29)/t16?,18-,23?,24+,25-/m1/s1. The summed E-state index contributed by atoms with van der Waals surface area (Å²) >= 11 is 0. The van der Waals surface area contributed by atoms with E-state index in [0.717, 1.165) is 43.0 Å². The second kappa shape index (κ2) is 7.34. The summed E-state index contributed by atoms with van der Waals surface area (Å²) in [6.45, 7) is 1.76. The van der Waals surface area contributed by atoms with E-state index in [4.69, 9.17) is 4.74 Å². The summed E-state index contributed by atoms with van der Waals surface area (Å²) in [5, 5.41) is 25.7. The molecule has 3 aliphatic carbocycles. The molecule has 6 rings (SSSR count). The highest BCUT2D eigenvalue weighted by atomic mass is 16.5. The lowest BCUT2D eigenvalue weighted by Gasteiger charge is -2.64. The van der Waals surface area contributed by atoms with Crippen LogP contribution in [0.3, 0.4) is 0 Å². The summed E-state index contributed by atoms with van der Waals surface area (Å²) in [5.74, 6) is 0.507. The number of ether oxygens (including phenoxy) is 2. The summed E-state index contributed by atoms with van der Waals surface area (Å²) in [7, 11) is 1.29. The van der Waals surface area contributed by atoms with Gasteiger partial charge >= 0.3 is 5.97 Å². The SMILES string of the molecule is COC(=O)CNC(=O)CC1CC[C@@]2(O)[C@H]3Cc4ccc(O)c5c4[C@@]2(CCN3CC2CC2)C1O5. The second-order valence-electron chi connectivity index (χ2n) is 10.6. The molecule has 1 saturated heterocycles. The molecule has 2 aliphatic heterocycles. The molecular formula is C25H32N2O6. The maximum atomic E-state index is 12.7. The van der Waals surface area contributed by atoms with Crippen LogP contribution in [-0.4, -0.2) is 71.5 Å². The van der Waals surface area contributed by atoms with Crippen molar-refractivity contribution in [2.45, 2.75) is 68.1 Å². The molecule has 8 heteroatoms. The van der Waals surface area contributed by atoms with Crippen molar-refractivity contribution in [1.29, 1.82) is 0 Å². The van der Waals surface area contributed by atoms with Crippen LogP contribution < -0.4 is 10.1 Å². The van der Waals surface area contributed by atoms with Crippen LogP contribution in [0.4, 0.5) is 0 Å².